The number of nitrogens with one attached hydrogen (secondary N) is 1. The normalized spacial score (nSPS) is 14.2. The number of nitrogens with zero attached hydrogens (tertiary/aromatic N) is 1. The maximum atomic E-state index is 13.1. The molecule has 1 aliphatic rings. The molecule has 0 aromatic heterocycles. The van der Waals surface area contributed by atoms with Crippen molar-refractivity contribution in [3.8, 4) is 0 Å². The first-order chi connectivity index (χ1) is 12.5. The molecule has 1 amide bonds. The summed E-state index contributed by atoms with van der Waals surface area (Å²) in [6, 6.07) is 14.5. The Morgan fingerprint density at radius 2 is 1.85 bits per heavy atom. The lowest BCUT2D eigenvalue weighted by Crippen LogP contribution is -2.37. The number of amides is 1. The van der Waals surface area contributed by atoms with E-state index in [2.05, 4.69) is 5.32 Å². The van der Waals surface area contributed by atoms with Gasteiger partial charge in [-0.1, -0.05) is 36.4 Å². The zero-order chi connectivity index (χ0) is 18.6. The third-order valence-corrected chi connectivity index (χ3v) is 6.41. The van der Waals surface area contributed by atoms with Gasteiger partial charge >= 0.3 is 0 Å². The number of hydrogen-bond donors (Lipinski definition) is 2. The molecule has 138 valence electrons. The molecule has 7 heteroatoms. The van der Waals surface area contributed by atoms with E-state index in [0.717, 1.165) is 11.1 Å². The van der Waals surface area contributed by atoms with Crippen LogP contribution in [0.4, 0.5) is 0 Å². The predicted octanol–water partition coefficient (Wildman–Crippen LogP) is 1.16. The minimum Gasteiger partial charge on any atom is -0.352 e. The summed E-state index contributed by atoms with van der Waals surface area (Å²) < 4.78 is 27.5. The molecule has 26 heavy (non-hydrogen) atoms. The van der Waals surface area contributed by atoms with Gasteiger partial charge in [-0.05, 0) is 36.1 Å². The van der Waals surface area contributed by atoms with E-state index < -0.39 is 10.0 Å². The van der Waals surface area contributed by atoms with E-state index in [-0.39, 0.29) is 23.9 Å². The Labute approximate surface area is 154 Å². The highest BCUT2D eigenvalue weighted by atomic mass is 32.2. The highest BCUT2D eigenvalue weighted by molar-refractivity contribution is 7.89. The van der Waals surface area contributed by atoms with Gasteiger partial charge in [-0.25, -0.2) is 8.42 Å². The fourth-order valence-corrected chi connectivity index (χ4v) is 4.58. The summed E-state index contributed by atoms with van der Waals surface area (Å²) in [5.41, 5.74) is 8.02. The van der Waals surface area contributed by atoms with Crippen LogP contribution in [0.15, 0.2) is 53.4 Å². The monoisotopic (exact) mass is 373 g/mol. The van der Waals surface area contributed by atoms with Gasteiger partial charge in [-0.15, -0.1) is 0 Å². The molecule has 6 nitrogen and oxygen atoms in total. The second-order valence-electron chi connectivity index (χ2n) is 6.25. The van der Waals surface area contributed by atoms with Crippen molar-refractivity contribution in [1.82, 2.24) is 9.62 Å². The van der Waals surface area contributed by atoms with Crippen molar-refractivity contribution < 1.29 is 13.2 Å². The molecule has 0 unspecified atom stereocenters. The van der Waals surface area contributed by atoms with E-state index in [1.807, 2.05) is 30.3 Å². The maximum Gasteiger partial charge on any atom is 0.251 e. The van der Waals surface area contributed by atoms with Crippen LogP contribution in [-0.2, 0) is 22.9 Å². The van der Waals surface area contributed by atoms with Crippen LogP contribution in [0.1, 0.15) is 21.5 Å². The molecule has 0 bridgehead atoms. The summed E-state index contributed by atoms with van der Waals surface area (Å²) in [6.45, 7) is 1.39. The zero-order valence-corrected chi connectivity index (χ0v) is 15.3. The summed E-state index contributed by atoms with van der Waals surface area (Å²) in [5, 5.41) is 2.75. The number of sulfonamides is 1. The summed E-state index contributed by atoms with van der Waals surface area (Å²) in [4.78, 5) is 12.2. The third kappa shape index (κ3) is 3.95. The van der Waals surface area contributed by atoms with Gasteiger partial charge in [-0.2, -0.15) is 4.31 Å². The lowest BCUT2D eigenvalue weighted by Gasteiger charge is -2.23. The molecule has 2 aromatic carbocycles. The third-order valence-electron chi connectivity index (χ3n) is 4.51. The standard InChI is InChI=1S/C19H23N3O3S/c20-10-13-22(12-9-15-4-2-1-3-5-15)26(24,25)17-7-6-16-8-11-21-19(23)18(16)14-17/h1-7,14H,8-13,20H2,(H,21,23). The van der Waals surface area contributed by atoms with Crippen molar-refractivity contribution in [3.05, 3.63) is 65.2 Å². The number of carbonyl (C=O) groups excluding carboxylic acids is 1. The lowest BCUT2D eigenvalue weighted by atomic mass is 10.0. The molecule has 1 heterocycles. The van der Waals surface area contributed by atoms with Crippen molar-refractivity contribution in [3.63, 3.8) is 0 Å². The van der Waals surface area contributed by atoms with E-state index in [0.29, 0.717) is 31.5 Å². The van der Waals surface area contributed by atoms with E-state index >= 15 is 0 Å². The Kier molecular flexibility index (Phi) is 5.70. The van der Waals surface area contributed by atoms with E-state index in [4.69, 9.17) is 5.73 Å². The molecule has 0 spiro atoms. The highest BCUT2D eigenvalue weighted by Gasteiger charge is 2.26. The summed E-state index contributed by atoms with van der Waals surface area (Å²) in [7, 11) is -3.72. The molecule has 0 saturated carbocycles. The molecule has 2 aromatic rings. The van der Waals surface area contributed by atoms with Crippen molar-refractivity contribution in [2.45, 2.75) is 17.7 Å². The molecule has 0 radical (unpaired) electrons. The van der Waals surface area contributed by atoms with E-state index in [1.165, 1.54) is 10.4 Å². The minimum absolute atomic E-state index is 0.134. The van der Waals surface area contributed by atoms with Gasteiger partial charge in [0.2, 0.25) is 10.0 Å². The Hall–Kier alpha value is -2.22. The van der Waals surface area contributed by atoms with Crippen LogP contribution in [0.5, 0.6) is 0 Å². The Bertz CT molecular complexity index is 882. The van der Waals surface area contributed by atoms with Gasteiger partial charge in [-0.3, -0.25) is 4.79 Å². The average Bonchev–Trinajstić information content (AvgIpc) is 2.66. The second kappa shape index (κ2) is 7.99. The number of carbonyl (C=O) groups is 1. The van der Waals surface area contributed by atoms with Crippen LogP contribution in [0.25, 0.3) is 0 Å². The van der Waals surface area contributed by atoms with Crippen LogP contribution < -0.4 is 11.1 Å². The lowest BCUT2D eigenvalue weighted by molar-refractivity contribution is 0.0945. The number of rotatable bonds is 7. The van der Waals surface area contributed by atoms with Gasteiger partial charge in [0.15, 0.2) is 0 Å². The quantitative estimate of drug-likeness (QED) is 0.762. The van der Waals surface area contributed by atoms with Gasteiger partial charge in [0, 0.05) is 31.7 Å². The average molecular weight is 373 g/mol. The first-order valence-corrected chi connectivity index (χ1v) is 10.1. The largest absolute Gasteiger partial charge is 0.352 e. The number of nitrogens with two attached hydrogens (primary N) is 1. The molecule has 1 aliphatic heterocycles. The Balaban J connectivity index is 1.85. The van der Waals surface area contributed by atoms with E-state index in [9.17, 15) is 13.2 Å². The minimum atomic E-state index is -3.72. The molecule has 3 N–H and O–H groups in total. The highest BCUT2D eigenvalue weighted by Crippen LogP contribution is 2.22. The molecule has 0 atom stereocenters. The van der Waals surface area contributed by atoms with Crippen molar-refractivity contribution in [2.24, 2.45) is 5.73 Å². The summed E-state index contributed by atoms with van der Waals surface area (Å²) in [6.07, 6.45) is 1.31. The van der Waals surface area contributed by atoms with Crippen LogP contribution in [0.3, 0.4) is 0 Å². The van der Waals surface area contributed by atoms with Crippen LogP contribution in [-0.4, -0.2) is 44.8 Å². The SMILES string of the molecule is NCCN(CCc1ccccc1)S(=O)(=O)c1ccc2c(c1)C(=O)NCC2. The molecular weight excluding hydrogens is 350 g/mol. The van der Waals surface area contributed by atoms with Crippen molar-refractivity contribution in [1.29, 1.82) is 0 Å². The Morgan fingerprint density at radius 3 is 2.58 bits per heavy atom. The first kappa shape index (κ1) is 18.6. The van der Waals surface area contributed by atoms with Crippen LogP contribution >= 0.6 is 0 Å². The van der Waals surface area contributed by atoms with Crippen molar-refractivity contribution in [2.75, 3.05) is 26.2 Å². The topological polar surface area (TPSA) is 92.5 Å². The van der Waals surface area contributed by atoms with Crippen LogP contribution in [0, 0.1) is 0 Å². The second-order valence-corrected chi connectivity index (χ2v) is 8.19. The summed E-state index contributed by atoms with van der Waals surface area (Å²) in [5.74, 6) is -0.224. The smallest absolute Gasteiger partial charge is 0.251 e. The predicted molar refractivity (Wildman–Crippen MR) is 100 cm³/mol. The molecule has 0 saturated heterocycles. The van der Waals surface area contributed by atoms with Gasteiger partial charge in [0.1, 0.15) is 0 Å². The van der Waals surface area contributed by atoms with Gasteiger partial charge in [0.05, 0.1) is 4.90 Å². The first-order valence-electron chi connectivity index (χ1n) is 8.67. The van der Waals surface area contributed by atoms with Gasteiger partial charge in [0.25, 0.3) is 5.91 Å². The number of benzene rings is 2. The van der Waals surface area contributed by atoms with E-state index in [1.54, 1.807) is 12.1 Å². The molecule has 3 rings (SSSR count). The fourth-order valence-electron chi connectivity index (χ4n) is 3.10. The Morgan fingerprint density at radius 1 is 1.08 bits per heavy atom. The molecule has 0 aliphatic carbocycles. The molecular formula is C19H23N3O3S. The van der Waals surface area contributed by atoms with Crippen LogP contribution in [0.2, 0.25) is 0 Å². The van der Waals surface area contributed by atoms with Crippen molar-refractivity contribution >= 4 is 15.9 Å². The van der Waals surface area contributed by atoms with Gasteiger partial charge < -0.3 is 11.1 Å². The number of fused-ring (bicyclic) bond motifs is 1. The number of hydrogen-bond acceptors (Lipinski definition) is 4. The fraction of sp³-hybridized carbons (Fsp3) is 0.316. The zero-order valence-electron chi connectivity index (χ0n) is 14.5. The maximum absolute atomic E-state index is 13.1. The molecule has 0 fully saturated rings. The summed E-state index contributed by atoms with van der Waals surface area (Å²) >= 11 is 0.